The molecule has 22 heavy (non-hydrogen) atoms. The van der Waals surface area contributed by atoms with Gasteiger partial charge in [0.1, 0.15) is 11.3 Å². The van der Waals surface area contributed by atoms with Crippen molar-refractivity contribution in [3.05, 3.63) is 59.9 Å². The summed E-state index contributed by atoms with van der Waals surface area (Å²) in [6.45, 7) is 3.37. The van der Waals surface area contributed by atoms with Gasteiger partial charge in [-0.25, -0.2) is 4.79 Å². The topological polar surface area (TPSA) is 78.4 Å². The second-order valence-electron chi connectivity index (χ2n) is 4.75. The molecule has 1 atom stereocenters. The molecule has 0 aliphatic rings. The third kappa shape index (κ3) is 2.76. The van der Waals surface area contributed by atoms with Gasteiger partial charge >= 0.3 is 5.97 Å². The molecule has 0 bridgehead atoms. The summed E-state index contributed by atoms with van der Waals surface area (Å²) in [6.07, 6.45) is 0.795. The largest absolute Gasteiger partial charge is 0.469 e. The maximum Gasteiger partial charge on any atom is 0.342 e. The van der Waals surface area contributed by atoms with Crippen molar-refractivity contribution < 1.29 is 18.4 Å². The molecule has 3 aromatic rings. The standard InChI is InChI=1S/C16H14N2O4/c1-10-13(8-9-20-10)16(19)21-11(2)14-17-18-15(22-14)12-6-4-3-5-7-12/h3-9,11H,1-2H3. The van der Waals surface area contributed by atoms with Crippen LogP contribution in [0.1, 0.15) is 35.0 Å². The molecule has 112 valence electrons. The molecule has 0 N–H and O–H groups in total. The van der Waals surface area contributed by atoms with Crippen LogP contribution in [0.3, 0.4) is 0 Å². The van der Waals surface area contributed by atoms with Gasteiger partial charge in [-0.2, -0.15) is 0 Å². The number of nitrogens with zero attached hydrogens (tertiary/aromatic N) is 2. The number of rotatable bonds is 4. The molecule has 2 heterocycles. The van der Waals surface area contributed by atoms with Crippen LogP contribution in [-0.4, -0.2) is 16.2 Å². The second-order valence-corrected chi connectivity index (χ2v) is 4.75. The molecule has 0 amide bonds. The lowest BCUT2D eigenvalue weighted by molar-refractivity contribution is 0.0278. The number of esters is 1. The van der Waals surface area contributed by atoms with Crippen molar-refractivity contribution in [2.45, 2.75) is 20.0 Å². The van der Waals surface area contributed by atoms with Crippen molar-refractivity contribution in [3.63, 3.8) is 0 Å². The van der Waals surface area contributed by atoms with E-state index < -0.39 is 12.1 Å². The highest BCUT2D eigenvalue weighted by atomic mass is 16.6. The quantitative estimate of drug-likeness (QED) is 0.685. The van der Waals surface area contributed by atoms with E-state index in [9.17, 15) is 4.79 Å². The Hall–Kier alpha value is -2.89. The Balaban J connectivity index is 1.73. The molecule has 6 heteroatoms. The van der Waals surface area contributed by atoms with Crippen LogP contribution in [0.5, 0.6) is 0 Å². The van der Waals surface area contributed by atoms with Crippen molar-refractivity contribution >= 4 is 5.97 Å². The molecule has 6 nitrogen and oxygen atoms in total. The Bertz CT molecular complexity index is 776. The van der Waals surface area contributed by atoms with Gasteiger partial charge in [-0.1, -0.05) is 18.2 Å². The van der Waals surface area contributed by atoms with Crippen LogP contribution < -0.4 is 0 Å². The number of hydrogen-bond donors (Lipinski definition) is 0. The van der Waals surface area contributed by atoms with Crippen LogP contribution in [0.4, 0.5) is 0 Å². The smallest absolute Gasteiger partial charge is 0.342 e. The number of aryl methyl sites for hydroxylation is 1. The summed E-state index contributed by atoms with van der Waals surface area (Å²) < 4.78 is 16.0. The number of furan rings is 1. The number of benzene rings is 1. The van der Waals surface area contributed by atoms with Gasteiger partial charge in [0.05, 0.1) is 6.26 Å². The zero-order valence-electron chi connectivity index (χ0n) is 12.1. The zero-order valence-corrected chi connectivity index (χ0v) is 12.1. The molecule has 0 fully saturated rings. The van der Waals surface area contributed by atoms with Gasteiger partial charge in [0.2, 0.25) is 5.89 Å². The summed E-state index contributed by atoms with van der Waals surface area (Å²) in [5.41, 5.74) is 1.19. The van der Waals surface area contributed by atoms with Gasteiger partial charge in [-0.3, -0.25) is 0 Å². The summed E-state index contributed by atoms with van der Waals surface area (Å²) in [5, 5.41) is 7.90. The summed E-state index contributed by atoms with van der Waals surface area (Å²) >= 11 is 0. The third-order valence-corrected chi connectivity index (χ3v) is 3.17. The Morgan fingerprint density at radius 2 is 1.95 bits per heavy atom. The minimum absolute atomic E-state index is 0.244. The molecule has 2 aromatic heterocycles. The fraction of sp³-hybridized carbons (Fsp3) is 0.188. The number of ether oxygens (including phenoxy) is 1. The van der Waals surface area contributed by atoms with Crippen molar-refractivity contribution in [2.24, 2.45) is 0 Å². The number of hydrogen-bond acceptors (Lipinski definition) is 6. The minimum Gasteiger partial charge on any atom is -0.469 e. The summed E-state index contributed by atoms with van der Waals surface area (Å²) in [6, 6.07) is 11.0. The van der Waals surface area contributed by atoms with Crippen molar-refractivity contribution in [1.29, 1.82) is 0 Å². The lowest BCUT2D eigenvalue weighted by atomic mass is 10.2. The van der Waals surface area contributed by atoms with E-state index in [4.69, 9.17) is 13.6 Å². The Morgan fingerprint density at radius 1 is 1.18 bits per heavy atom. The fourth-order valence-electron chi connectivity index (χ4n) is 1.97. The van der Waals surface area contributed by atoms with E-state index in [1.807, 2.05) is 30.3 Å². The Morgan fingerprint density at radius 3 is 2.64 bits per heavy atom. The number of carbonyl (C=O) groups is 1. The van der Waals surface area contributed by atoms with Crippen LogP contribution in [0.25, 0.3) is 11.5 Å². The van der Waals surface area contributed by atoms with E-state index in [1.165, 1.54) is 6.26 Å². The second kappa shape index (κ2) is 5.85. The van der Waals surface area contributed by atoms with E-state index >= 15 is 0 Å². The maximum absolute atomic E-state index is 12.0. The highest BCUT2D eigenvalue weighted by Gasteiger charge is 2.21. The molecule has 0 aliphatic carbocycles. The molecular weight excluding hydrogens is 284 g/mol. The lowest BCUT2D eigenvalue weighted by Gasteiger charge is -2.08. The summed E-state index contributed by atoms with van der Waals surface area (Å²) in [7, 11) is 0. The van der Waals surface area contributed by atoms with Gasteiger partial charge < -0.3 is 13.6 Å². The lowest BCUT2D eigenvalue weighted by Crippen LogP contribution is -2.09. The summed E-state index contributed by atoms with van der Waals surface area (Å²) in [4.78, 5) is 12.0. The van der Waals surface area contributed by atoms with Crippen LogP contribution in [0.2, 0.25) is 0 Å². The fourth-order valence-corrected chi connectivity index (χ4v) is 1.97. The van der Waals surface area contributed by atoms with Crippen LogP contribution >= 0.6 is 0 Å². The predicted octanol–water partition coefficient (Wildman–Crippen LogP) is 3.56. The van der Waals surface area contributed by atoms with E-state index in [1.54, 1.807) is 19.9 Å². The zero-order chi connectivity index (χ0) is 15.5. The van der Waals surface area contributed by atoms with Crippen LogP contribution in [0, 0.1) is 6.92 Å². The Labute approximate surface area is 126 Å². The Kier molecular flexibility index (Phi) is 3.74. The minimum atomic E-state index is -0.647. The molecule has 1 aromatic carbocycles. The normalized spacial score (nSPS) is 12.1. The molecular formula is C16H14N2O4. The third-order valence-electron chi connectivity index (χ3n) is 3.17. The number of carbonyl (C=O) groups excluding carboxylic acids is 1. The first-order valence-corrected chi connectivity index (χ1v) is 6.79. The molecule has 0 radical (unpaired) electrons. The van der Waals surface area contributed by atoms with Crippen LogP contribution in [0.15, 0.2) is 51.5 Å². The first-order chi connectivity index (χ1) is 10.6. The van der Waals surface area contributed by atoms with Gasteiger partial charge in [0.15, 0.2) is 6.10 Å². The first kappa shape index (κ1) is 14.1. The predicted molar refractivity (Wildman–Crippen MR) is 77.0 cm³/mol. The van der Waals surface area contributed by atoms with Gasteiger partial charge in [0, 0.05) is 5.56 Å². The van der Waals surface area contributed by atoms with Gasteiger partial charge in [-0.15, -0.1) is 10.2 Å². The van der Waals surface area contributed by atoms with Crippen LogP contribution in [-0.2, 0) is 4.74 Å². The SMILES string of the molecule is Cc1occc1C(=O)OC(C)c1nnc(-c2ccccc2)o1. The van der Waals surface area contributed by atoms with E-state index in [-0.39, 0.29) is 5.89 Å². The number of aromatic nitrogens is 2. The van der Waals surface area contributed by atoms with Crippen molar-refractivity contribution in [1.82, 2.24) is 10.2 Å². The van der Waals surface area contributed by atoms with Crippen molar-refractivity contribution in [2.75, 3.05) is 0 Å². The van der Waals surface area contributed by atoms with Gasteiger partial charge in [-0.05, 0) is 32.0 Å². The molecule has 0 saturated carbocycles. The molecule has 0 spiro atoms. The molecule has 1 unspecified atom stereocenters. The molecule has 0 saturated heterocycles. The first-order valence-electron chi connectivity index (χ1n) is 6.79. The van der Waals surface area contributed by atoms with E-state index in [0.717, 1.165) is 5.56 Å². The highest BCUT2D eigenvalue weighted by Crippen LogP contribution is 2.23. The molecule has 3 rings (SSSR count). The van der Waals surface area contributed by atoms with Crippen molar-refractivity contribution in [3.8, 4) is 11.5 Å². The van der Waals surface area contributed by atoms with Gasteiger partial charge in [0.25, 0.3) is 5.89 Å². The average molecular weight is 298 g/mol. The van der Waals surface area contributed by atoms with E-state index in [0.29, 0.717) is 17.2 Å². The van der Waals surface area contributed by atoms with E-state index in [2.05, 4.69) is 10.2 Å². The maximum atomic E-state index is 12.0. The highest BCUT2D eigenvalue weighted by molar-refractivity contribution is 5.90. The average Bonchev–Trinajstić information content (AvgIpc) is 3.17. The molecule has 0 aliphatic heterocycles. The summed E-state index contributed by atoms with van der Waals surface area (Å²) in [5.74, 6) is 0.650. The monoisotopic (exact) mass is 298 g/mol.